The van der Waals surface area contributed by atoms with Crippen LogP contribution in [0.4, 0.5) is 0 Å². The van der Waals surface area contributed by atoms with Crippen molar-refractivity contribution in [2.75, 3.05) is 26.9 Å². The second-order valence-electron chi connectivity index (χ2n) is 3.79. The van der Waals surface area contributed by atoms with Gasteiger partial charge in [-0.05, 0) is 6.07 Å². The summed E-state index contributed by atoms with van der Waals surface area (Å²) < 4.78 is 16.3. The fourth-order valence-electron chi connectivity index (χ4n) is 1.59. The Bertz CT molecular complexity index is 400. The zero-order chi connectivity index (χ0) is 12.1. The molecule has 0 radical (unpaired) electrons. The van der Waals surface area contributed by atoms with Gasteiger partial charge in [0.2, 0.25) is 0 Å². The Hall–Kier alpha value is -1.52. The molecule has 0 saturated carbocycles. The maximum absolute atomic E-state index is 5.86. The normalized spacial score (nSPS) is 15.9. The molecule has 1 heterocycles. The lowest BCUT2D eigenvalue weighted by atomic mass is 10.1. The number of rotatable bonds is 5. The summed E-state index contributed by atoms with van der Waals surface area (Å²) >= 11 is 0. The van der Waals surface area contributed by atoms with E-state index in [0.29, 0.717) is 19.8 Å². The molecular formula is C13H17NO3. The molecule has 2 rings (SSSR count). The monoisotopic (exact) mass is 235 g/mol. The first-order valence-electron chi connectivity index (χ1n) is 5.63. The molecule has 0 atom stereocenters. The van der Waals surface area contributed by atoms with Crippen LogP contribution in [-0.2, 0) is 4.74 Å². The van der Waals surface area contributed by atoms with E-state index in [9.17, 15) is 0 Å². The summed E-state index contributed by atoms with van der Waals surface area (Å²) in [6, 6.07) is 5.79. The summed E-state index contributed by atoms with van der Waals surface area (Å²) in [5.41, 5.74) is 6.43. The lowest BCUT2D eigenvalue weighted by Gasteiger charge is -2.28. The topological polar surface area (TPSA) is 53.7 Å². The highest BCUT2D eigenvalue weighted by Crippen LogP contribution is 2.33. The highest BCUT2D eigenvalue weighted by atomic mass is 16.6. The number of hydrogen-bond acceptors (Lipinski definition) is 4. The van der Waals surface area contributed by atoms with Crippen LogP contribution in [0.2, 0.25) is 0 Å². The van der Waals surface area contributed by atoms with E-state index in [1.54, 1.807) is 7.11 Å². The van der Waals surface area contributed by atoms with Crippen LogP contribution >= 0.6 is 0 Å². The third-order valence-electron chi connectivity index (χ3n) is 2.55. The second kappa shape index (κ2) is 5.70. The highest BCUT2D eigenvalue weighted by Gasteiger charge is 2.22. The Morgan fingerprint density at radius 2 is 2.29 bits per heavy atom. The van der Waals surface area contributed by atoms with Crippen LogP contribution in [0.5, 0.6) is 11.5 Å². The molecule has 0 spiro atoms. The zero-order valence-corrected chi connectivity index (χ0v) is 9.89. The predicted octanol–water partition coefficient (Wildman–Crippen LogP) is 1.44. The van der Waals surface area contributed by atoms with Crippen LogP contribution in [-0.4, -0.2) is 33.0 Å². The molecule has 4 nitrogen and oxygen atoms in total. The smallest absolute Gasteiger partial charge is 0.169 e. The number of hydrogen-bond donors (Lipinski definition) is 1. The van der Waals surface area contributed by atoms with Gasteiger partial charge >= 0.3 is 0 Å². The molecule has 1 aromatic carbocycles. The fraction of sp³-hybridized carbons (Fsp3) is 0.385. The summed E-state index contributed by atoms with van der Waals surface area (Å²) in [5, 5.41) is 0. The summed E-state index contributed by atoms with van der Waals surface area (Å²) in [7, 11) is 1.63. The second-order valence-corrected chi connectivity index (χ2v) is 3.79. The van der Waals surface area contributed by atoms with Crippen LogP contribution in [0.1, 0.15) is 5.56 Å². The predicted molar refractivity (Wildman–Crippen MR) is 66.3 cm³/mol. The minimum Gasteiger partial charge on any atom is -0.493 e. The van der Waals surface area contributed by atoms with Gasteiger partial charge in [0, 0.05) is 12.1 Å². The number of benzene rings is 1. The molecule has 4 heteroatoms. The first-order valence-corrected chi connectivity index (χ1v) is 5.63. The number of methoxy groups -OCH3 is 1. The van der Waals surface area contributed by atoms with Crippen LogP contribution in [0.25, 0.3) is 6.08 Å². The van der Waals surface area contributed by atoms with Crippen molar-refractivity contribution in [1.29, 1.82) is 0 Å². The van der Waals surface area contributed by atoms with Gasteiger partial charge in [0.25, 0.3) is 0 Å². The average Bonchev–Trinajstić information content (AvgIpc) is 2.31. The van der Waals surface area contributed by atoms with Crippen molar-refractivity contribution < 1.29 is 14.2 Å². The van der Waals surface area contributed by atoms with Crippen LogP contribution in [0.3, 0.4) is 0 Å². The molecule has 1 aliphatic rings. The minimum atomic E-state index is 0.122. The molecule has 0 bridgehead atoms. The molecule has 0 amide bonds. The lowest BCUT2D eigenvalue weighted by molar-refractivity contribution is -0.0804. The van der Waals surface area contributed by atoms with E-state index in [1.807, 2.05) is 30.4 Å². The SMILES string of the molecule is COc1cccc(/C=C/CN)c1OC1COC1. The van der Waals surface area contributed by atoms with Crippen LogP contribution in [0.15, 0.2) is 24.3 Å². The molecule has 0 aromatic heterocycles. The number of para-hydroxylation sites is 1. The molecule has 92 valence electrons. The van der Waals surface area contributed by atoms with Crippen molar-refractivity contribution >= 4 is 6.08 Å². The molecule has 1 saturated heterocycles. The van der Waals surface area contributed by atoms with Gasteiger partial charge < -0.3 is 19.9 Å². The van der Waals surface area contributed by atoms with Crippen LogP contribution < -0.4 is 15.2 Å². The maximum Gasteiger partial charge on any atom is 0.169 e. The Morgan fingerprint density at radius 1 is 1.47 bits per heavy atom. The third kappa shape index (κ3) is 2.78. The Kier molecular flexibility index (Phi) is 4.01. The molecule has 1 fully saturated rings. The van der Waals surface area contributed by atoms with Crippen molar-refractivity contribution in [3.63, 3.8) is 0 Å². The summed E-state index contributed by atoms with van der Waals surface area (Å²) in [6.45, 7) is 1.78. The van der Waals surface area contributed by atoms with E-state index >= 15 is 0 Å². The Labute approximate surface area is 101 Å². The molecule has 17 heavy (non-hydrogen) atoms. The van der Waals surface area contributed by atoms with Gasteiger partial charge in [-0.3, -0.25) is 0 Å². The fourth-order valence-corrected chi connectivity index (χ4v) is 1.59. The van der Waals surface area contributed by atoms with Crippen molar-refractivity contribution in [2.45, 2.75) is 6.10 Å². The molecule has 1 aromatic rings. The van der Waals surface area contributed by atoms with Crippen molar-refractivity contribution in [1.82, 2.24) is 0 Å². The summed E-state index contributed by atoms with van der Waals surface area (Å²) in [5.74, 6) is 1.49. The zero-order valence-electron chi connectivity index (χ0n) is 9.89. The van der Waals surface area contributed by atoms with Crippen molar-refractivity contribution in [3.05, 3.63) is 29.8 Å². The standard InChI is InChI=1S/C13H17NO3/c1-15-12-6-2-4-10(5-3-7-14)13(12)17-11-8-16-9-11/h2-6,11H,7-9,14H2,1H3/b5-3+. The van der Waals surface area contributed by atoms with Gasteiger partial charge in [0.15, 0.2) is 11.5 Å². The summed E-state index contributed by atoms with van der Waals surface area (Å²) in [4.78, 5) is 0. The van der Waals surface area contributed by atoms with Crippen molar-refractivity contribution in [3.8, 4) is 11.5 Å². The van der Waals surface area contributed by atoms with E-state index in [4.69, 9.17) is 19.9 Å². The van der Waals surface area contributed by atoms with E-state index < -0.39 is 0 Å². The Balaban J connectivity index is 2.25. The molecule has 2 N–H and O–H groups in total. The largest absolute Gasteiger partial charge is 0.493 e. The lowest BCUT2D eigenvalue weighted by Crippen LogP contribution is -2.38. The van der Waals surface area contributed by atoms with Crippen molar-refractivity contribution in [2.24, 2.45) is 5.73 Å². The first-order chi connectivity index (χ1) is 8.35. The minimum absolute atomic E-state index is 0.122. The highest BCUT2D eigenvalue weighted by molar-refractivity contribution is 5.62. The van der Waals surface area contributed by atoms with Gasteiger partial charge in [-0.15, -0.1) is 0 Å². The number of ether oxygens (including phenoxy) is 3. The summed E-state index contributed by atoms with van der Waals surface area (Å²) in [6.07, 6.45) is 3.95. The maximum atomic E-state index is 5.86. The molecule has 0 unspecified atom stereocenters. The van der Waals surface area contributed by atoms with Gasteiger partial charge in [0.05, 0.1) is 20.3 Å². The number of nitrogens with two attached hydrogens (primary N) is 1. The molecule has 0 aliphatic carbocycles. The third-order valence-corrected chi connectivity index (χ3v) is 2.55. The van der Waals surface area contributed by atoms with E-state index in [1.165, 1.54) is 0 Å². The molecular weight excluding hydrogens is 218 g/mol. The van der Waals surface area contributed by atoms with E-state index in [0.717, 1.165) is 17.1 Å². The quantitative estimate of drug-likeness (QED) is 0.839. The van der Waals surface area contributed by atoms with Gasteiger partial charge in [-0.2, -0.15) is 0 Å². The average molecular weight is 235 g/mol. The van der Waals surface area contributed by atoms with Gasteiger partial charge in [-0.1, -0.05) is 24.3 Å². The van der Waals surface area contributed by atoms with E-state index in [2.05, 4.69) is 0 Å². The molecule has 1 aliphatic heterocycles. The van der Waals surface area contributed by atoms with Gasteiger partial charge in [-0.25, -0.2) is 0 Å². The first kappa shape index (κ1) is 12.0. The Morgan fingerprint density at radius 3 is 2.88 bits per heavy atom. The van der Waals surface area contributed by atoms with Gasteiger partial charge in [0.1, 0.15) is 6.10 Å². The van der Waals surface area contributed by atoms with Crippen LogP contribution in [0, 0.1) is 0 Å². The van der Waals surface area contributed by atoms with E-state index in [-0.39, 0.29) is 6.10 Å².